The highest BCUT2D eigenvalue weighted by Gasteiger charge is 2.02. The van der Waals surface area contributed by atoms with E-state index in [-0.39, 0.29) is 12.4 Å². The van der Waals surface area contributed by atoms with Gasteiger partial charge in [0.25, 0.3) is 0 Å². The predicted molar refractivity (Wildman–Crippen MR) is 41.5 cm³/mol. The molecule has 1 aromatic heterocycles. The molecule has 0 aliphatic rings. The Balaban J connectivity index is 2.58. The molecule has 0 saturated carbocycles. The second kappa shape index (κ2) is 3.96. The van der Waals surface area contributed by atoms with E-state index in [1.54, 1.807) is 6.20 Å². The number of carbonyl (C=O) groups excluding carboxylic acids is 1. The summed E-state index contributed by atoms with van der Waals surface area (Å²) in [6.45, 7) is 1.96. The van der Waals surface area contributed by atoms with Gasteiger partial charge in [-0.3, -0.25) is 4.79 Å². The van der Waals surface area contributed by atoms with Crippen LogP contribution in [-0.4, -0.2) is 32.5 Å². The Morgan fingerprint density at radius 2 is 2.50 bits per heavy atom. The quantitative estimate of drug-likeness (QED) is 0.653. The normalized spacial score (nSPS) is 10.2. The SMILES string of the molecule is CC(=O)Cc1cn(CCO)nn1. The predicted octanol–water partition coefficient (Wildman–Crippen LogP) is -0.598. The number of rotatable bonds is 4. The summed E-state index contributed by atoms with van der Waals surface area (Å²) in [5.74, 6) is 0.0612. The number of ketones is 1. The molecule has 0 saturated heterocycles. The lowest BCUT2D eigenvalue weighted by molar-refractivity contribution is -0.116. The van der Waals surface area contributed by atoms with Gasteiger partial charge in [0.05, 0.1) is 25.3 Å². The second-order valence-electron chi connectivity index (χ2n) is 2.58. The van der Waals surface area contributed by atoms with Crippen LogP contribution in [0.1, 0.15) is 12.6 Å². The first-order chi connectivity index (χ1) is 5.72. The molecule has 0 aliphatic carbocycles. The fraction of sp³-hybridized carbons (Fsp3) is 0.571. The molecular weight excluding hydrogens is 158 g/mol. The van der Waals surface area contributed by atoms with E-state index in [1.165, 1.54) is 11.6 Å². The van der Waals surface area contributed by atoms with Gasteiger partial charge in [-0.1, -0.05) is 5.21 Å². The van der Waals surface area contributed by atoms with Crippen LogP contribution in [0.3, 0.4) is 0 Å². The molecule has 0 atom stereocenters. The number of hydrogen-bond acceptors (Lipinski definition) is 4. The van der Waals surface area contributed by atoms with E-state index in [4.69, 9.17) is 5.11 Å². The van der Waals surface area contributed by atoms with E-state index in [9.17, 15) is 4.79 Å². The minimum absolute atomic E-state index is 0.0306. The minimum atomic E-state index is 0.0306. The maximum atomic E-state index is 10.7. The van der Waals surface area contributed by atoms with Gasteiger partial charge >= 0.3 is 0 Å². The van der Waals surface area contributed by atoms with Crippen molar-refractivity contribution in [1.29, 1.82) is 0 Å². The number of carbonyl (C=O) groups is 1. The zero-order valence-corrected chi connectivity index (χ0v) is 6.90. The Kier molecular flexibility index (Phi) is 2.93. The summed E-state index contributed by atoms with van der Waals surface area (Å²) in [5, 5.41) is 16.0. The van der Waals surface area contributed by atoms with Crippen LogP contribution in [0.25, 0.3) is 0 Å². The van der Waals surface area contributed by atoms with Crippen molar-refractivity contribution in [2.75, 3.05) is 6.61 Å². The van der Waals surface area contributed by atoms with Crippen molar-refractivity contribution in [3.05, 3.63) is 11.9 Å². The Labute approximate surface area is 70.0 Å². The molecule has 1 heterocycles. The first kappa shape index (κ1) is 8.86. The van der Waals surface area contributed by atoms with E-state index in [0.29, 0.717) is 18.7 Å². The lowest BCUT2D eigenvalue weighted by Crippen LogP contribution is -2.02. The van der Waals surface area contributed by atoms with Crippen LogP contribution in [0.4, 0.5) is 0 Å². The van der Waals surface area contributed by atoms with E-state index < -0.39 is 0 Å². The van der Waals surface area contributed by atoms with Gasteiger partial charge in [-0.15, -0.1) is 5.10 Å². The van der Waals surface area contributed by atoms with Gasteiger partial charge < -0.3 is 5.11 Å². The molecule has 5 heteroatoms. The first-order valence-corrected chi connectivity index (χ1v) is 3.71. The molecule has 0 bridgehead atoms. The Hall–Kier alpha value is -1.23. The Morgan fingerprint density at radius 3 is 3.08 bits per heavy atom. The Morgan fingerprint density at radius 1 is 1.75 bits per heavy atom. The highest BCUT2D eigenvalue weighted by atomic mass is 16.3. The van der Waals surface area contributed by atoms with Crippen molar-refractivity contribution in [3.8, 4) is 0 Å². The van der Waals surface area contributed by atoms with Crippen LogP contribution in [-0.2, 0) is 17.8 Å². The molecule has 12 heavy (non-hydrogen) atoms. The highest BCUT2D eigenvalue weighted by Crippen LogP contribution is 1.94. The average molecular weight is 169 g/mol. The summed E-state index contributed by atoms with van der Waals surface area (Å²) in [4.78, 5) is 10.7. The van der Waals surface area contributed by atoms with Crippen LogP contribution in [0.2, 0.25) is 0 Å². The number of nitrogens with zero attached hydrogens (tertiary/aromatic N) is 3. The van der Waals surface area contributed by atoms with Gasteiger partial charge in [-0.25, -0.2) is 4.68 Å². The van der Waals surface area contributed by atoms with Crippen LogP contribution in [0.5, 0.6) is 0 Å². The van der Waals surface area contributed by atoms with Crippen LogP contribution in [0, 0.1) is 0 Å². The maximum absolute atomic E-state index is 10.7. The van der Waals surface area contributed by atoms with Gasteiger partial charge in [0.15, 0.2) is 0 Å². The van der Waals surface area contributed by atoms with Crippen molar-refractivity contribution in [1.82, 2.24) is 15.0 Å². The zero-order chi connectivity index (χ0) is 8.97. The Bertz CT molecular complexity index is 269. The molecule has 0 aliphatic heterocycles. The van der Waals surface area contributed by atoms with Gasteiger partial charge in [0, 0.05) is 6.20 Å². The fourth-order valence-corrected chi connectivity index (χ4v) is 0.886. The smallest absolute Gasteiger partial charge is 0.135 e. The third-order valence-electron chi connectivity index (χ3n) is 1.35. The summed E-state index contributed by atoms with van der Waals surface area (Å²) in [6.07, 6.45) is 1.98. The van der Waals surface area contributed by atoms with Crippen LogP contribution in [0.15, 0.2) is 6.20 Å². The van der Waals surface area contributed by atoms with Crippen LogP contribution >= 0.6 is 0 Å². The molecule has 0 spiro atoms. The van der Waals surface area contributed by atoms with Gasteiger partial charge in [0.2, 0.25) is 0 Å². The third kappa shape index (κ3) is 2.43. The molecule has 5 nitrogen and oxygen atoms in total. The summed E-state index contributed by atoms with van der Waals surface area (Å²) in [7, 11) is 0. The summed E-state index contributed by atoms with van der Waals surface area (Å²) in [5.41, 5.74) is 0.649. The standard InChI is InChI=1S/C7H11N3O2/c1-6(12)4-7-5-10(2-3-11)9-8-7/h5,11H,2-4H2,1H3. The average Bonchev–Trinajstić information content (AvgIpc) is 2.36. The largest absolute Gasteiger partial charge is 0.394 e. The summed E-state index contributed by atoms with van der Waals surface area (Å²) >= 11 is 0. The lowest BCUT2D eigenvalue weighted by Gasteiger charge is -1.91. The number of aliphatic hydroxyl groups is 1. The molecule has 0 radical (unpaired) electrons. The minimum Gasteiger partial charge on any atom is -0.394 e. The molecule has 0 amide bonds. The number of aromatic nitrogens is 3. The van der Waals surface area contributed by atoms with Crippen LogP contribution < -0.4 is 0 Å². The van der Waals surface area contributed by atoms with Crippen molar-refractivity contribution < 1.29 is 9.90 Å². The van der Waals surface area contributed by atoms with E-state index in [2.05, 4.69) is 10.3 Å². The summed E-state index contributed by atoms with van der Waals surface area (Å²) in [6, 6.07) is 0. The second-order valence-corrected chi connectivity index (χ2v) is 2.58. The van der Waals surface area contributed by atoms with E-state index >= 15 is 0 Å². The third-order valence-corrected chi connectivity index (χ3v) is 1.35. The fourth-order valence-electron chi connectivity index (χ4n) is 0.886. The number of Topliss-reactive ketones (excluding diaryl/α,β-unsaturated/α-hetero) is 1. The number of aliphatic hydroxyl groups excluding tert-OH is 1. The van der Waals surface area contributed by atoms with Crippen molar-refractivity contribution in [3.63, 3.8) is 0 Å². The summed E-state index contributed by atoms with van der Waals surface area (Å²) < 4.78 is 1.51. The van der Waals surface area contributed by atoms with Crippen molar-refractivity contribution in [2.24, 2.45) is 0 Å². The lowest BCUT2D eigenvalue weighted by atomic mass is 10.2. The molecule has 66 valence electrons. The number of hydrogen-bond donors (Lipinski definition) is 1. The molecule has 0 fully saturated rings. The van der Waals surface area contributed by atoms with Crippen molar-refractivity contribution in [2.45, 2.75) is 19.9 Å². The van der Waals surface area contributed by atoms with Crippen molar-refractivity contribution >= 4 is 5.78 Å². The van der Waals surface area contributed by atoms with Gasteiger partial charge in [-0.05, 0) is 6.92 Å². The molecule has 1 rings (SSSR count). The maximum Gasteiger partial charge on any atom is 0.135 e. The molecule has 0 unspecified atom stereocenters. The zero-order valence-electron chi connectivity index (χ0n) is 6.90. The monoisotopic (exact) mass is 169 g/mol. The molecular formula is C7H11N3O2. The molecule has 1 aromatic rings. The van der Waals surface area contributed by atoms with E-state index in [1.807, 2.05) is 0 Å². The highest BCUT2D eigenvalue weighted by molar-refractivity contribution is 5.77. The first-order valence-electron chi connectivity index (χ1n) is 3.71. The van der Waals surface area contributed by atoms with Gasteiger partial charge in [0.1, 0.15) is 5.78 Å². The molecule has 1 N–H and O–H groups in total. The van der Waals surface area contributed by atoms with E-state index in [0.717, 1.165) is 0 Å². The molecule has 0 aromatic carbocycles. The topological polar surface area (TPSA) is 68.0 Å². The van der Waals surface area contributed by atoms with Gasteiger partial charge in [-0.2, -0.15) is 0 Å².